The minimum absolute atomic E-state index is 0.00282. The van der Waals surface area contributed by atoms with Crippen LogP contribution in [0, 0.1) is 0 Å². The van der Waals surface area contributed by atoms with Gasteiger partial charge in [0.05, 0.1) is 7.11 Å². The average Bonchev–Trinajstić information content (AvgIpc) is 2.70. The topological polar surface area (TPSA) is 81.7 Å². The SMILES string of the molecule is CNS(=O)(=O)c1cc(/C=C/C(=O)OCc2ccc(C(C)(C)C)cc2)ccc1OC. The van der Waals surface area contributed by atoms with Crippen LogP contribution < -0.4 is 9.46 Å². The first-order valence-corrected chi connectivity index (χ1v) is 10.6. The van der Waals surface area contributed by atoms with Crippen molar-refractivity contribution in [1.29, 1.82) is 0 Å². The zero-order valence-electron chi connectivity index (χ0n) is 17.4. The van der Waals surface area contributed by atoms with Gasteiger partial charge in [-0.3, -0.25) is 0 Å². The summed E-state index contributed by atoms with van der Waals surface area (Å²) in [5.74, 6) is -0.295. The zero-order chi connectivity index (χ0) is 21.7. The van der Waals surface area contributed by atoms with E-state index in [1.807, 2.05) is 24.3 Å². The van der Waals surface area contributed by atoms with E-state index in [4.69, 9.17) is 9.47 Å². The molecule has 0 saturated carbocycles. The summed E-state index contributed by atoms with van der Waals surface area (Å²) < 4.78 is 36.8. The van der Waals surface area contributed by atoms with Crippen molar-refractivity contribution in [1.82, 2.24) is 4.72 Å². The van der Waals surface area contributed by atoms with E-state index in [2.05, 4.69) is 25.5 Å². The molecule has 1 N–H and O–H groups in total. The van der Waals surface area contributed by atoms with Crippen molar-refractivity contribution in [3.8, 4) is 5.75 Å². The van der Waals surface area contributed by atoms with Crippen molar-refractivity contribution in [2.75, 3.05) is 14.2 Å². The van der Waals surface area contributed by atoms with Crippen molar-refractivity contribution in [3.05, 3.63) is 65.2 Å². The Labute approximate surface area is 172 Å². The van der Waals surface area contributed by atoms with E-state index in [-0.39, 0.29) is 22.7 Å². The Bertz CT molecular complexity index is 987. The minimum Gasteiger partial charge on any atom is -0.495 e. The van der Waals surface area contributed by atoms with E-state index in [9.17, 15) is 13.2 Å². The Morgan fingerprint density at radius 3 is 2.31 bits per heavy atom. The van der Waals surface area contributed by atoms with Crippen molar-refractivity contribution in [2.45, 2.75) is 37.7 Å². The van der Waals surface area contributed by atoms with Crippen LogP contribution in [0.4, 0.5) is 0 Å². The number of benzene rings is 2. The van der Waals surface area contributed by atoms with E-state index >= 15 is 0 Å². The van der Waals surface area contributed by atoms with Crippen LogP contribution in [0.2, 0.25) is 0 Å². The summed E-state index contributed by atoms with van der Waals surface area (Å²) in [5, 5.41) is 0. The van der Waals surface area contributed by atoms with E-state index in [0.717, 1.165) is 5.56 Å². The van der Waals surface area contributed by atoms with Gasteiger partial charge < -0.3 is 9.47 Å². The van der Waals surface area contributed by atoms with Crippen LogP contribution in [0.5, 0.6) is 5.75 Å². The molecule has 0 fully saturated rings. The summed E-state index contributed by atoms with van der Waals surface area (Å²) in [7, 11) is -0.972. The fourth-order valence-corrected chi connectivity index (χ4v) is 3.51. The standard InChI is InChI=1S/C22H27NO5S/c1-22(2,3)18-10-6-17(7-11-18)15-28-21(24)13-9-16-8-12-19(27-5)20(14-16)29(25,26)23-4/h6-14,23H,15H2,1-5H3/b13-9+. The van der Waals surface area contributed by atoms with E-state index in [0.29, 0.717) is 5.56 Å². The molecule has 0 saturated heterocycles. The summed E-state index contributed by atoms with van der Waals surface area (Å²) in [6.07, 6.45) is 2.76. The summed E-state index contributed by atoms with van der Waals surface area (Å²) >= 11 is 0. The van der Waals surface area contributed by atoms with E-state index in [1.54, 1.807) is 6.07 Å². The number of nitrogens with one attached hydrogen (secondary N) is 1. The molecular weight excluding hydrogens is 390 g/mol. The monoisotopic (exact) mass is 417 g/mol. The maximum Gasteiger partial charge on any atom is 0.331 e. The molecule has 0 amide bonds. The highest BCUT2D eigenvalue weighted by molar-refractivity contribution is 7.89. The lowest BCUT2D eigenvalue weighted by molar-refractivity contribution is -0.138. The molecule has 0 aromatic heterocycles. The van der Waals surface area contributed by atoms with E-state index < -0.39 is 16.0 Å². The molecule has 2 aromatic rings. The predicted molar refractivity (Wildman–Crippen MR) is 113 cm³/mol. The van der Waals surface area contributed by atoms with Crippen molar-refractivity contribution < 1.29 is 22.7 Å². The molecule has 29 heavy (non-hydrogen) atoms. The quantitative estimate of drug-likeness (QED) is 0.549. The smallest absolute Gasteiger partial charge is 0.331 e. The maximum absolute atomic E-state index is 12.1. The van der Waals surface area contributed by atoms with Gasteiger partial charge >= 0.3 is 5.97 Å². The molecule has 7 heteroatoms. The molecule has 156 valence electrons. The van der Waals surface area contributed by atoms with Crippen molar-refractivity contribution in [3.63, 3.8) is 0 Å². The van der Waals surface area contributed by atoms with Crippen LogP contribution in [-0.4, -0.2) is 28.5 Å². The van der Waals surface area contributed by atoms with E-state index in [1.165, 1.54) is 44.0 Å². The Morgan fingerprint density at radius 2 is 1.76 bits per heavy atom. The third-order valence-electron chi connectivity index (χ3n) is 4.36. The Morgan fingerprint density at radius 1 is 1.10 bits per heavy atom. The van der Waals surface area contributed by atoms with Crippen molar-refractivity contribution in [2.24, 2.45) is 0 Å². The van der Waals surface area contributed by atoms with Crippen LogP contribution in [0.3, 0.4) is 0 Å². The molecule has 0 heterocycles. The highest BCUT2D eigenvalue weighted by Gasteiger charge is 2.17. The number of carbonyl (C=O) groups is 1. The minimum atomic E-state index is -3.69. The first-order valence-electron chi connectivity index (χ1n) is 9.12. The summed E-state index contributed by atoms with van der Waals surface area (Å²) in [6.45, 7) is 6.58. The summed E-state index contributed by atoms with van der Waals surface area (Å²) in [5.41, 5.74) is 2.70. The molecule has 0 spiro atoms. The second kappa shape index (κ2) is 9.24. The lowest BCUT2D eigenvalue weighted by atomic mass is 9.87. The normalized spacial score (nSPS) is 12.2. The number of sulfonamides is 1. The molecule has 0 atom stereocenters. The number of hydrogen-bond acceptors (Lipinski definition) is 5. The van der Waals surface area contributed by atoms with Gasteiger partial charge in [-0.25, -0.2) is 17.9 Å². The second-order valence-electron chi connectivity index (χ2n) is 7.51. The lowest BCUT2D eigenvalue weighted by Crippen LogP contribution is -2.19. The first-order chi connectivity index (χ1) is 13.6. The lowest BCUT2D eigenvalue weighted by Gasteiger charge is -2.19. The molecule has 0 aliphatic rings. The van der Waals surface area contributed by atoms with Gasteiger partial charge in [0.25, 0.3) is 0 Å². The maximum atomic E-state index is 12.1. The Hall–Kier alpha value is -2.64. The van der Waals surface area contributed by atoms with Crippen LogP contribution in [0.1, 0.15) is 37.5 Å². The van der Waals surface area contributed by atoms with Gasteiger partial charge in [0, 0.05) is 6.08 Å². The molecule has 2 aromatic carbocycles. The Kier molecular flexibility index (Phi) is 7.21. The number of hydrogen-bond donors (Lipinski definition) is 1. The zero-order valence-corrected chi connectivity index (χ0v) is 18.2. The van der Waals surface area contributed by atoms with Crippen molar-refractivity contribution >= 4 is 22.1 Å². The highest BCUT2D eigenvalue weighted by Crippen LogP contribution is 2.25. The third-order valence-corrected chi connectivity index (χ3v) is 5.79. The number of ether oxygens (including phenoxy) is 2. The van der Waals surface area contributed by atoms with Gasteiger partial charge in [0.2, 0.25) is 10.0 Å². The average molecular weight is 418 g/mol. The summed E-state index contributed by atoms with van der Waals surface area (Å²) in [6, 6.07) is 12.6. The Balaban J connectivity index is 2.05. The number of methoxy groups -OCH3 is 1. The fraction of sp³-hybridized carbons (Fsp3) is 0.318. The van der Waals surface area contributed by atoms with Gasteiger partial charge in [-0.2, -0.15) is 0 Å². The number of carbonyl (C=O) groups excluding carboxylic acids is 1. The largest absolute Gasteiger partial charge is 0.495 e. The van der Waals surface area contributed by atoms with Crippen LogP contribution >= 0.6 is 0 Å². The third kappa shape index (κ3) is 6.17. The molecule has 0 aliphatic carbocycles. The first kappa shape index (κ1) is 22.6. The molecule has 2 rings (SSSR count). The molecular formula is C22H27NO5S. The molecule has 0 radical (unpaired) electrons. The van der Waals surface area contributed by atoms with Crippen LogP contribution in [-0.2, 0) is 31.6 Å². The van der Waals surface area contributed by atoms with Gasteiger partial charge in [0.15, 0.2) is 0 Å². The van der Waals surface area contributed by atoms with Gasteiger partial charge in [-0.05, 0) is 47.4 Å². The number of rotatable bonds is 7. The molecule has 0 bridgehead atoms. The van der Waals surface area contributed by atoms with Crippen LogP contribution in [0.25, 0.3) is 6.08 Å². The predicted octanol–water partition coefficient (Wildman–Crippen LogP) is 3.66. The number of esters is 1. The fourth-order valence-electron chi connectivity index (χ4n) is 2.58. The highest BCUT2D eigenvalue weighted by atomic mass is 32.2. The van der Waals surface area contributed by atoms with Crippen LogP contribution in [0.15, 0.2) is 53.4 Å². The second-order valence-corrected chi connectivity index (χ2v) is 9.36. The van der Waals surface area contributed by atoms with Gasteiger partial charge in [-0.15, -0.1) is 0 Å². The summed E-state index contributed by atoms with van der Waals surface area (Å²) in [4.78, 5) is 12.0. The van der Waals surface area contributed by atoms with Gasteiger partial charge in [0.1, 0.15) is 17.3 Å². The molecule has 0 unspecified atom stereocenters. The van der Waals surface area contributed by atoms with Gasteiger partial charge in [-0.1, -0.05) is 51.1 Å². The molecule has 0 aliphatic heterocycles. The molecule has 6 nitrogen and oxygen atoms in total.